The quantitative estimate of drug-likeness (QED) is 0.754. The van der Waals surface area contributed by atoms with Crippen LogP contribution in [0.5, 0.6) is 0 Å². The molecular formula is C19H18N2O5S. The Balaban J connectivity index is 1.85. The van der Waals surface area contributed by atoms with Gasteiger partial charge < -0.3 is 10.4 Å². The number of hydrogen-bond donors (Lipinski definition) is 2. The van der Waals surface area contributed by atoms with Crippen molar-refractivity contribution in [1.82, 2.24) is 10.2 Å². The van der Waals surface area contributed by atoms with Crippen LogP contribution in [0.15, 0.2) is 60.7 Å². The lowest BCUT2D eigenvalue weighted by Gasteiger charge is -2.29. The van der Waals surface area contributed by atoms with Crippen LogP contribution >= 0.6 is 0 Å². The van der Waals surface area contributed by atoms with Gasteiger partial charge in [0.1, 0.15) is 0 Å². The van der Waals surface area contributed by atoms with Gasteiger partial charge in [0.15, 0.2) is 15.4 Å². The van der Waals surface area contributed by atoms with Crippen molar-refractivity contribution in [3.63, 3.8) is 0 Å². The summed E-state index contributed by atoms with van der Waals surface area (Å²) >= 11 is 0. The zero-order chi connectivity index (χ0) is 19.2. The van der Waals surface area contributed by atoms with Gasteiger partial charge in [-0.15, -0.1) is 0 Å². The van der Waals surface area contributed by atoms with E-state index in [-0.39, 0.29) is 0 Å². The van der Waals surface area contributed by atoms with Crippen molar-refractivity contribution in [2.75, 3.05) is 11.5 Å². The van der Waals surface area contributed by atoms with Gasteiger partial charge in [-0.05, 0) is 11.1 Å². The van der Waals surface area contributed by atoms with Crippen LogP contribution in [0.3, 0.4) is 0 Å². The van der Waals surface area contributed by atoms with E-state index in [0.29, 0.717) is 11.1 Å². The van der Waals surface area contributed by atoms with Gasteiger partial charge in [0, 0.05) is 0 Å². The summed E-state index contributed by atoms with van der Waals surface area (Å²) in [6.07, 6.45) is -1.30. The fourth-order valence-corrected chi connectivity index (χ4v) is 5.61. The van der Waals surface area contributed by atoms with Crippen molar-refractivity contribution in [2.24, 2.45) is 0 Å². The van der Waals surface area contributed by atoms with Gasteiger partial charge in [-0.3, -0.25) is 9.69 Å². The molecule has 27 heavy (non-hydrogen) atoms. The maximum atomic E-state index is 13.5. The minimum atomic E-state index is -3.52. The summed E-state index contributed by atoms with van der Waals surface area (Å²) < 4.78 is 23.8. The second kappa shape index (κ2) is 6.17. The van der Waals surface area contributed by atoms with E-state index in [4.69, 9.17) is 0 Å². The molecule has 3 amide bonds. The van der Waals surface area contributed by atoms with Gasteiger partial charge in [-0.2, -0.15) is 0 Å². The Labute approximate surface area is 156 Å². The van der Waals surface area contributed by atoms with Crippen LogP contribution in [-0.4, -0.2) is 54.0 Å². The summed E-state index contributed by atoms with van der Waals surface area (Å²) in [6, 6.07) is 15.8. The molecule has 2 aromatic carbocycles. The number of sulfone groups is 1. The van der Waals surface area contributed by atoms with Gasteiger partial charge in [0.25, 0.3) is 5.91 Å². The first-order chi connectivity index (χ1) is 12.8. The molecule has 2 fully saturated rings. The van der Waals surface area contributed by atoms with E-state index in [0.717, 1.165) is 4.90 Å². The average Bonchev–Trinajstić information content (AvgIpc) is 3.08. The van der Waals surface area contributed by atoms with Crippen molar-refractivity contribution < 1.29 is 23.1 Å². The molecule has 2 aromatic rings. The van der Waals surface area contributed by atoms with Crippen molar-refractivity contribution in [3.05, 3.63) is 71.8 Å². The zero-order valence-electron chi connectivity index (χ0n) is 14.3. The molecule has 2 N–H and O–H groups in total. The van der Waals surface area contributed by atoms with Gasteiger partial charge in [0.2, 0.25) is 0 Å². The fourth-order valence-electron chi connectivity index (χ4n) is 3.84. The number of hydrogen-bond acceptors (Lipinski definition) is 5. The second-order valence-corrected chi connectivity index (χ2v) is 8.95. The van der Waals surface area contributed by atoms with E-state index in [1.54, 1.807) is 60.7 Å². The fraction of sp³-hybridized carbons (Fsp3) is 0.263. The Hall–Kier alpha value is -2.71. The largest absolute Gasteiger partial charge is 0.390 e. The molecule has 2 aliphatic rings. The Morgan fingerprint density at radius 1 is 0.926 bits per heavy atom. The van der Waals surface area contributed by atoms with Crippen LogP contribution in [0.4, 0.5) is 4.79 Å². The van der Waals surface area contributed by atoms with Crippen LogP contribution in [0.1, 0.15) is 11.1 Å². The molecule has 0 saturated carbocycles. The lowest BCUT2D eigenvalue weighted by molar-refractivity contribution is -0.132. The number of carbonyl (C=O) groups is 2. The molecule has 0 aliphatic carbocycles. The molecule has 8 heteroatoms. The predicted molar refractivity (Wildman–Crippen MR) is 97.5 cm³/mol. The third kappa shape index (κ3) is 2.72. The molecule has 2 aliphatic heterocycles. The highest BCUT2D eigenvalue weighted by atomic mass is 32.2. The number of aliphatic hydroxyl groups excluding tert-OH is 1. The summed E-state index contributed by atoms with van der Waals surface area (Å²) in [6.45, 7) is 0. The number of nitrogens with zero attached hydrogens (tertiary/aromatic N) is 1. The van der Waals surface area contributed by atoms with Gasteiger partial charge >= 0.3 is 6.03 Å². The minimum Gasteiger partial charge on any atom is -0.390 e. The number of imide groups is 1. The summed E-state index contributed by atoms with van der Waals surface area (Å²) in [4.78, 5) is 27.2. The Morgan fingerprint density at radius 3 is 1.89 bits per heavy atom. The SMILES string of the molecule is O=C1NC(c2ccccc2)(c2ccccc2)C(=O)N1[C@H]1CS(=O)(=O)C[C@@H]1O. The topological polar surface area (TPSA) is 104 Å². The maximum Gasteiger partial charge on any atom is 0.325 e. The molecule has 140 valence electrons. The molecule has 0 radical (unpaired) electrons. The van der Waals surface area contributed by atoms with E-state index in [1.807, 2.05) is 0 Å². The Morgan fingerprint density at radius 2 is 1.44 bits per heavy atom. The van der Waals surface area contributed by atoms with Crippen LogP contribution in [0.25, 0.3) is 0 Å². The minimum absolute atomic E-state index is 0.438. The van der Waals surface area contributed by atoms with Crippen LogP contribution in [0, 0.1) is 0 Å². The summed E-state index contributed by atoms with van der Waals surface area (Å²) in [5.41, 5.74) is -0.342. The van der Waals surface area contributed by atoms with Crippen molar-refractivity contribution >= 4 is 21.8 Å². The number of carbonyl (C=O) groups excluding carboxylic acids is 2. The van der Waals surface area contributed by atoms with Gasteiger partial charge in [-0.1, -0.05) is 60.7 Å². The van der Waals surface area contributed by atoms with E-state index in [1.165, 1.54) is 0 Å². The summed E-state index contributed by atoms with van der Waals surface area (Å²) in [7, 11) is -3.52. The first-order valence-corrected chi connectivity index (χ1v) is 10.3. The number of aliphatic hydroxyl groups is 1. The number of urea groups is 1. The zero-order valence-corrected chi connectivity index (χ0v) is 15.1. The highest BCUT2D eigenvalue weighted by molar-refractivity contribution is 7.91. The molecule has 7 nitrogen and oxygen atoms in total. The average molecular weight is 386 g/mol. The van der Waals surface area contributed by atoms with E-state index >= 15 is 0 Å². The molecule has 0 aromatic heterocycles. The molecule has 2 heterocycles. The smallest absolute Gasteiger partial charge is 0.325 e. The van der Waals surface area contributed by atoms with Crippen molar-refractivity contribution in [2.45, 2.75) is 17.7 Å². The number of rotatable bonds is 3. The lowest BCUT2D eigenvalue weighted by Crippen LogP contribution is -2.49. The van der Waals surface area contributed by atoms with E-state index < -0.39 is 51.0 Å². The Kier molecular flexibility index (Phi) is 4.05. The number of amides is 3. The first kappa shape index (κ1) is 17.7. The highest BCUT2D eigenvalue weighted by Gasteiger charge is 2.58. The van der Waals surface area contributed by atoms with Crippen LogP contribution in [0.2, 0.25) is 0 Å². The summed E-state index contributed by atoms with van der Waals surface area (Å²) in [5.74, 6) is -1.49. The Bertz CT molecular complexity index is 952. The molecule has 0 bridgehead atoms. The molecule has 4 rings (SSSR count). The van der Waals surface area contributed by atoms with E-state index in [2.05, 4.69) is 5.32 Å². The van der Waals surface area contributed by atoms with Gasteiger partial charge in [-0.25, -0.2) is 13.2 Å². The molecule has 0 spiro atoms. The second-order valence-electron chi connectivity index (χ2n) is 6.80. The lowest BCUT2D eigenvalue weighted by atomic mass is 9.82. The number of benzene rings is 2. The van der Waals surface area contributed by atoms with Gasteiger partial charge in [0.05, 0.1) is 23.7 Å². The third-order valence-corrected chi connectivity index (χ3v) is 6.79. The highest BCUT2D eigenvalue weighted by Crippen LogP contribution is 2.38. The van der Waals surface area contributed by atoms with Crippen molar-refractivity contribution in [1.29, 1.82) is 0 Å². The standard InChI is InChI=1S/C19H18N2O5S/c22-16-12-27(25,26)11-15(16)21-17(23)19(20-18(21)24,13-7-3-1-4-8-13)14-9-5-2-6-10-14/h1-10,15-16,22H,11-12H2,(H,20,24)/t15-,16-/m0/s1. The monoisotopic (exact) mass is 386 g/mol. The van der Waals surface area contributed by atoms with Crippen LogP contribution < -0.4 is 5.32 Å². The molecule has 0 unspecified atom stereocenters. The molecule has 2 atom stereocenters. The first-order valence-electron chi connectivity index (χ1n) is 8.50. The maximum absolute atomic E-state index is 13.5. The number of nitrogens with one attached hydrogen (secondary N) is 1. The van der Waals surface area contributed by atoms with E-state index in [9.17, 15) is 23.1 Å². The molecule has 2 saturated heterocycles. The predicted octanol–water partition coefficient (Wildman–Crippen LogP) is 0.640. The third-order valence-electron chi connectivity index (χ3n) is 5.09. The van der Waals surface area contributed by atoms with Crippen molar-refractivity contribution in [3.8, 4) is 0 Å². The normalized spacial score (nSPS) is 26.2. The summed E-state index contributed by atoms with van der Waals surface area (Å²) in [5, 5.41) is 12.9. The van der Waals surface area contributed by atoms with Crippen LogP contribution in [-0.2, 0) is 20.2 Å². The molecular weight excluding hydrogens is 368 g/mol.